The van der Waals surface area contributed by atoms with Crippen molar-refractivity contribution in [2.45, 2.75) is 6.54 Å². The van der Waals surface area contributed by atoms with Crippen LogP contribution in [0.5, 0.6) is 0 Å². The second kappa shape index (κ2) is 8.03. The summed E-state index contributed by atoms with van der Waals surface area (Å²) in [5.41, 5.74) is 2.44. The second-order valence-electron chi connectivity index (χ2n) is 7.29. The van der Waals surface area contributed by atoms with E-state index >= 15 is 0 Å². The average Bonchev–Trinajstić information content (AvgIpc) is 3.29. The molecule has 0 amide bonds. The van der Waals surface area contributed by atoms with Crippen molar-refractivity contribution in [3.63, 3.8) is 0 Å². The molecule has 1 aliphatic rings. The van der Waals surface area contributed by atoms with Gasteiger partial charge in [-0.25, -0.2) is 14.6 Å². The quantitative estimate of drug-likeness (QED) is 0.539. The highest BCUT2D eigenvalue weighted by Crippen LogP contribution is 2.22. The molecule has 5 rings (SSSR count). The van der Waals surface area contributed by atoms with Crippen LogP contribution in [0.25, 0.3) is 22.3 Å². The fraction of sp³-hybridized carbons (Fsp3) is 0.286. The highest BCUT2D eigenvalue weighted by molar-refractivity contribution is 5.87. The number of nitrogens with zero attached hydrogens (tertiary/aromatic N) is 7. The molecular weight excluding hydrogens is 380 g/mol. The second-order valence-corrected chi connectivity index (χ2v) is 7.29. The standard InChI is InChI=1S/C21H22N8O/c30-19-4-3-18(16-2-1-6-22-14-16)26-29(19)13-10-27-8-11-28(12-9-27)21-17-5-7-23-20(17)24-15-25-21/h1-7,14-15H,8-13H2,(H,23,24,25). The van der Waals surface area contributed by atoms with Gasteiger partial charge in [0.2, 0.25) is 0 Å². The Labute approximate surface area is 173 Å². The highest BCUT2D eigenvalue weighted by atomic mass is 16.1. The molecular formula is C21H22N8O. The lowest BCUT2D eigenvalue weighted by Gasteiger charge is -2.35. The lowest BCUT2D eigenvalue weighted by molar-refractivity contribution is 0.242. The Balaban J connectivity index is 1.22. The largest absolute Gasteiger partial charge is 0.353 e. The number of rotatable bonds is 5. The average molecular weight is 402 g/mol. The van der Waals surface area contributed by atoms with Gasteiger partial charge in [-0.15, -0.1) is 0 Å². The molecule has 30 heavy (non-hydrogen) atoms. The number of piperazine rings is 1. The summed E-state index contributed by atoms with van der Waals surface area (Å²) in [6, 6.07) is 9.15. The van der Waals surface area contributed by atoms with Crippen LogP contribution in [-0.2, 0) is 6.54 Å². The van der Waals surface area contributed by atoms with Gasteiger partial charge in [-0.1, -0.05) is 0 Å². The van der Waals surface area contributed by atoms with E-state index in [1.54, 1.807) is 35.5 Å². The Bertz CT molecular complexity index is 1190. The van der Waals surface area contributed by atoms with Gasteiger partial charge in [0.15, 0.2) is 0 Å². The summed E-state index contributed by atoms with van der Waals surface area (Å²) < 4.78 is 1.54. The molecule has 5 heterocycles. The Hall–Kier alpha value is -3.59. The van der Waals surface area contributed by atoms with Crippen LogP contribution < -0.4 is 10.5 Å². The molecule has 0 saturated carbocycles. The van der Waals surface area contributed by atoms with Crippen LogP contribution in [0.4, 0.5) is 5.82 Å². The van der Waals surface area contributed by atoms with Crippen molar-refractivity contribution in [3.05, 3.63) is 65.6 Å². The normalized spacial score (nSPS) is 15.0. The number of H-pyrrole nitrogens is 1. The summed E-state index contributed by atoms with van der Waals surface area (Å²) in [7, 11) is 0. The van der Waals surface area contributed by atoms with Crippen molar-refractivity contribution in [2.75, 3.05) is 37.6 Å². The fourth-order valence-corrected chi connectivity index (χ4v) is 3.81. The van der Waals surface area contributed by atoms with Crippen LogP contribution >= 0.6 is 0 Å². The summed E-state index contributed by atoms with van der Waals surface area (Å²) in [5, 5.41) is 5.57. The number of aromatic nitrogens is 6. The molecule has 0 aromatic carbocycles. The number of pyridine rings is 1. The lowest BCUT2D eigenvalue weighted by atomic mass is 10.2. The third-order valence-corrected chi connectivity index (χ3v) is 5.46. The predicted molar refractivity (Wildman–Crippen MR) is 114 cm³/mol. The molecule has 0 radical (unpaired) electrons. The van der Waals surface area contributed by atoms with Crippen LogP contribution in [0.2, 0.25) is 0 Å². The molecule has 1 saturated heterocycles. The van der Waals surface area contributed by atoms with E-state index in [1.165, 1.54) is 0 Å². The molecule has 0 bridgehead atoms. The highest BCUT2D eigenvalue weighted by Gasteiger charge is 2.20. The Morgan fingerprint density at radius 3 is 2.73 bits per heavy atom. The first kappa shape index (κ1) is 18.4. The van der Waals surface area contributed by atoms with E-state index in [-0.39, 0.29) is 5.56 Å². The first-order valence-electron chi connectivity index (χ1n) is 10.0. The monoisotopic (exact) mass is 402 g/mol. The number of hydrogen-bond donors (Lipinski definition) is 1. The molecule has 4 aromatic rings. The van der Waals surface area contributed by atoms with Crippen molar-refractivity contribution in [1.29, 1.82) is 0 Å². The van der Waals surface area contributed by atoms with Crippen molar-refractivity contribution in [2.24, 2.45) is 0 Å². The van der Waals surface area contributed by atoms with E-state index in [4.69, 9.17) is 0 Å². The molecule has 9 heteroatoms. The maximum absolute atomic E-state index is 12.3. The lowest BCUT2D eigenvalue weighted by Crippen LogP contribution is -2.48. The maximum Gasteiger partial charge on any atom is 0.266 e. The fourth-order valence-electron chi connectivity index (χ4n) is 3.81. The van der Waals surface area contributed by atoms with Crippen LogP contribution in [0.15, 0.2) is 60.0 Å². The summed E-state index contributed by atoms with van der Waals surface area (Å²) in [6.07, 6.45) is 6.98. The van der Waals surface area contributed by atoms with Crippen molar-refractivity contribution in [1.82, 2.24) is 34.6 Å². The Morgan fingerprint density at radius 2 is 1.90 bits per heavy atom. The third-order valence-electron chi connectivity index (χ3n) is 5.46. The van der Waals surface area contributed by atoms with Crippen LogP contribution in [0.3, 0.4) is 0 Å². The molecule has 9 nitrogen and oxygen atoms in total. The number of anilines is 1. The van der Waals surface area contributed by atoms with Crippen LogP contribution in [0.1, 0.15) is 0 Å². The number of hydrogen-bond acceptors (Lipinski definition) is 7. The molecule has 0 spiro atoms. The molecule has 1 fully saturated rings. The molecule has 0 aliphatic carbocycles. The van der Waals surface area contributed by atoms with Gasteiger partial charge in [-0.2, -0.15) is 5.10 Å². The molecule has 1 aliphatic heterocycles. The smallest absolute Gasteiger partial charge is 0.266 e. The molecule has 0 atom stereocenters. The first-order chi connectivity index (χ1) is 14.8. The van der Waals surface area contributed by atoms with E-state index in [9.17, 15) is 4.79 Å². The van der Waals surface area contributed by atoms with Crippen molar-refractivity contribution < 1.29 is 0 Å². The van der Waals surface area contributed by atoms with E-state index in [0.29, 0.717) is 6.54 Å². The molecule has 0 unspecified atom stereocenters. The molecule has 152 valence electrons. The zero-order valence-corrected chi connectivity index (χ0v) is 16.5. The Kier molecular flexibility index (Phi) is 4.94. The number of fused-ring (bicyclic) bond motifs is 1. The van der Waals surface area contributed by atoms with Gasteiger partial charge in [0.25, 0.3) is 5.56 Å². The van der Waals surface area contributed by atoms with E-state index in [1.807, 2.05) is 24.4 Å². The zero-order chi connectivity index (χ0) is 20.3. The number of nitrogens with one attached hydrogen (secondary N) is 1. The molecule has 1 N–H and O–H groups in total. The van der Waals surface area contributed by atoms with E-state index in [0.717, 1.165) is 60.8 Å². The zero-order valence-electron chi connectivity index (χ0n) is 16.5. The predicted octanol–water partition coefficient (Wildman–Crippen LogP) is 1.40. The third kappa shape index (κ3) is 3.67. The van der Waals surface area contributed by atoms with Crippen molar-refractivity contribution >= 4 is 16.9 Å². The minimum atomic E-state index is -0.0860. The first-order valence-corrected chi connectivity index (χ1v) is 10.0. The van der Waals surface area contributed by atoms with Gasteiger partial charge in [0, 0.05) is 62.9 Å². The van der Waals surface area contributed by atoms with E-state index in [2.05, 4.69) is 34.8 Å². The maximum atomic E-state index is 12.3. The SMILES string of the molecule is O=c1ccc(-c2cccnc2)nn1CCN1CCN(c2ncnc3[nH]ccc23)CC1. The summed E-state index contributed by atoms with van der Waals surface area (Å²) in [6.45, 7) is 4.92. The van der Waals surface area contributed by atoms with Crippen LogP contribution in [0, 0.1) is 0 Å². The molecule has 4 aromatic heterocycles. The number of aromatic amines is 1. The van der Waals surface area contributed by atoms with Gasteiger partial charge in [0.1, 0.15) is 17.8 Å². The van der Waals surface area contributed by atoms with Crippen LogP contribution in [-0.4, -0.2) is 67.3 Å². The van der Waals surface area contributed by atoms with E-state index < -0.39 is 0 Å². The topological polar surface area (TPSA) is 95.8 Å². The van der Waals surface area contributed by atoms with Gasteiger partial charge < -0.3 is 9.88 Å². The minimum absolute atomic E-state index is 0.0860. The summed E-state index contributed by atoms with van der Waals surface area (Å²) in [5.74, 6) is 0.975. The van der Waals surface area contributed by atoms with Gasteiger partial charge in [-0.3, -0.25) is 14.7 Å². The summed E-state index contributed by atoms with van der Waals surface area (Å²) in [4.78, 5) is 32.9. The Morgan fingerprint density at radius 1 is 1.00 bits per heavy atom. The van der Waals surface area contributed by atoms with Gasteiger partial charge in [-0.05, 0) is 24.3 Å². The van der Waals surface area contributed by atoms with Gasteiger partial charge >= 0.3 is 0 Å². The minimum Gasteiger partial charge on any atom is -0.353 e. The summed E-state index contributed by atoms with van der Waals surface area (Å²) >= 11 is 0. The van der Waals surface area contributed by atoms with Crippen molar-refractivity contribution in [3.8, 4) is 11.3 Å². The van der Waals surface area contributed by atoms with Gasteiger partial charge in [0.05, 0.1) is 17.6 Å².